The van der Waals surface area contributed by atoms with Gasteiger partial charge in [0.25, 0.3) is 0 Å². The number of hydrogen-bond acceptors (Lipinski definition) is 5. The normalized spacial score (nSPS) is 17.9. The Morgan fingerprint density at radius 2 is 2.43 bits per heavy atom. The highest BCUT2D eigenvalue weighted by Gasteiger charge is 2.17. The van der Waals surface area contributed by atoms with Gasteiger partial charge < -0.3 is 10.6 Å². The van der Waals surface area contributed by atoms with E-state index in [1.165, 1.54) is 0 Å². The summed E-state index contributed by atoms with van der Waals surface area (Å²) < 4.78 is 1.60. The van der Waals surface area contributed by atoms with Gasteiger partial charge >= 0.3 is 0 Å². The predicted molar refractivity (Wildman–Crippen MR) is 78.2 cm³/mol. The molecule has 0 bridgehead atoms. The maximum Gasteiger partial charge on any atom is 0.225 e. The quantitative estimate of drug-likeness (QED) is 0.877. The van der Waals surface area contributed by atoms with Crippen LogP contribution in [0.1, 0.15) is 24.8 Å². The fourth-order valence-electron chi connectivity index (χ4n) is 2.63. The van der Waals surface area contributed by atoms with Crippen LogP contribution in [0.15, 0.2) is 24.5 Å². The molecule has 1 amide bonds. The number of nitrogens with one attached hydrogen (secondary N) is 2. The van der Waals surface area contributed by atoms with Gasteiger partial charge in [0.1, 0.15) is 6.33 Å². The number of aromatic nitrogens is 4. The summed E-state index contributed by atoms with van der Waals surface area (Å²) in [5.74, 6) is 0.0453. The molecule has 1 unspecified atom stereocenters. The van der Waals surface area contributed by atoms with E-state index in [-0.39, 0.29) is 5.91 Å². The zero-order valence-corrected chi connectivity index (χ0v) is 11.9. The first-order valence-corrected chi connectivity index (χ1v) is 7.09. The molecule has 1 aromatic heterocycles. The van der Waals surface area contributed by atoms with Crippen LogP contribution in [0.25, 0.3) is 5.69 Å². The monoisotopic (exact) mass is 286 g/mol. The molecule has 0 radical (unpaired) electrons. The lowest BCUT2D eigenvalue weighted by Crippen LogP contribution is -2.27. The standard InChI is InChI=1S/C14H18N6O/c1-10-7-12(4-5-13(10)20-9-16-18-19-20)17-14(21)8-11-3-2-6-15-11/h4-5,7,9,11,15H,2-3,6,8H2,1H3,(H,17,21). The Bertz CT molecular complexity index is 618. The molecule has 2 N–H and O–H groups in total. The van der Waals surface area contributed by atoms with Crippen molar-refractivity contribution < 1.29 is 4.79 Å². The summed E-state index contributed by atoms with van der Waals surface area (Å²) in [6, 6.07) is 6.00. The van der Waals surface area contributed by atoms with Crippen LogP contribution in [0.4, 0.5) is 5.69 Å². The molecule has 0 spiro atoms. The van der Waals surface area contributed by atoms with Crippen LogP contribution >= 0.6 is 0 Å². The Balaban J connectivity index is 1.66. The number of benzene rings is 1. The lowest BCUT2D eigenvalue weighted by atomic mass is 10.1. The topological polar surface area (TPSA) is 84.7 Å². The summed E-state index contributed by atoms with van der Waals surface area (Å²) in [4.78, 5) is 12.0. The molecule has 110 valence electrons. The highest BCUT2D eigenvalue weighted by atomic mass is 16.1. The van der Waals surface area contributed by atoms with Crippen LogP contribution in [-0.4, -0.2) is 38.7 Å². The number of aryl methyl sites for hydroxylation is 1. The molecule has 7 heteroatoms. The van der Waals surface area contributed by atoms with E-state index in [0.717, 1.165) is 36.3 Å². The fourth-order valence-corrected chi connectivity index (χ4v) is 2.63. The van der Waals surface area contributed by atoms with Crippen molar-refractivity contribution in [3.8, 4) is 5.69 Å². The predicted octanol–water partition coefficient (Wildman–Crippen LogP) is 1.05. The van der Waals surface area contributed by atoms with Crippen LogP contribution in [0, 0.1) is 6.92 Å². The minimum absolute atomic E-state index is 0.0453. The first-order valence-electron chi connectivity index (χ1n) is 7.09. The molecule has 1 saturated heterocycles. The summed E-state index contributed by atoms with van der Waals surface area (Å²) in [7, 11) is 0. The van der Waals surface area contributed by atoms with Crippen molar-refractivity contribution in [3.05, 3.63) is 30.1 Å². The van der Waals surface area contributed by atoms with E-state index in [4.69, 9.17) is 0 Å². The highest BCUT2D eigenvalue weighted by molar-refractivity contribution is 5.91. The number of tetrazole rings is 1. The molecule has 1 fully saturated rings. The van der Waals surface area contributed by atoms with E-state index >= 15 is 0 Å². The number of nitrogens with zero attached hydrogens (tertiary/aromatic N) is 4. The molecule has 3 rings (SSSR count). The minimum atomic E-state index is 0.0453. The molecule has 7 nitrogen and oxygen atoms in total. The second kappa shape index (κ2) is 6.01. The van der Waals surface area contributed by atoms with Crippen molar-refractivity contribution in [1.82, 2.24) is 25.5 Å². The molecule has 0 aliphatic carbocycles. The van der Waals surface area contributed by atoms with E-state index in [0.29, 0.717) is 12.5 Å². The minimum Gasteiger partial charge on any atom is -0.326 e. The first-order chi connectivity index (χ1) is 10.2. The van der Waals surface area contributed by atoms with Gasteiger partial charge in [-0.1, -0.05) is 0 Å². The Morgan fingerprint density at radius 1 is 1.52 bits per heavy atom. The molecule has 2 heterocycles. The van der Waals surface area contributed by atoms with Crippen molar-refractivity contribution >= 4 is 11.6 Å². The molecule has 0 saturated carbocycles. The second-order valence-electron chi connectivity index (χ2n) is 5.30. The van der Waals surface area contributed by atoms with Crippen molar-refractivity contribution in [2.75, 3.05) is 11.9 Å². The average molecular weight is 286 g/mol. The maximum atomic E-state index is 12.0. The summed E-state index contributed by atoms with van der Waals surface area (Å²) in [6.45, 7) is 2.98. The molecular formula is C14H18N6O. The number of rotatable bonds is 4. The molecule has 2 aromatic rings. The third-order valence-electron chi connectivity index (χ3n) is 3.67. The van der Waals surface area contributed by atoms with Gasteiger partial charge in [0.2, 0.25) is 5.91 Å². The lowest BCUT2D eigenvalue weighted by Gasteiger charge is -2.12. The van der Waals surface area contributed by atoms with Crippen LogP contribution in [0.2, 0.25) is 0 Å². The number of amides is 1. The van der Waals surface area contributed by atoms with E-state index in [1.807, 2.05) is 25.1 Å². The first kappa shape index (κ1) is 13.7. The third-order valence-corrected chi connectivity index (χ3v) is 3.67. The fraction of sp³-hybridized carbons (Fsp3) is 0.429. The van der Waals surface area contributed by atoms with Gasteiger partial charge in [0, 0.05) is 18.2 Å². The van der Waals surface area contributed by atoms with Crippen LogP contribution in [0.3, 0.4) is 0 Å². The van der Waals surface area contributed by atoms with E-state index in [1.54, 1.807) is 11.0 Å². The summed E-state index contributed by atoms with van der Waals surface area (Å²) in [5, 5.41) is 17.4. The zero-order chi connectivity index (χ0) is 14.7. The summed E-state index contributed by atoms with van der Waals surface area (Å²) in [5.41, 5.74) is 2.70. The zero-order valence-electron chi connectivity index (χ0n) is 11.9. The number of anilines is 1. The van der Waals surface area contributed by atoms with Crippen molar-refractivity contribution in [2.24, 2.45) is 0 Å². The molecule has 1 aliphatic heterocycles. The van der Waals surface area contributed by atoms with Gasteiger partial charge in [-0.15, -0.1) is 5.10 Å². The summed E-state index contributed by atoms with van der Waals surface area (Å²) in [6.07, 6.45) is 4.29. The Hall–Kier alpha value is -2.28. The smallest absolute Gasteiger partial charge is 0.225 e. The van der Waals surface area contributed by atoms with Crippen LogP contribution in [0.5, 0.6) is 0 Å². The number of carbonyl (C=O) groups is 1. The second-order valence-corrected chi connectivity index (χ2v) is 5.30. The lowest BCUT2D eigenvalue weighted by molar-refractivity contribution is -0.116. The van der Waals surface area contributed by atoms with Gasteiger partial charge in [-0.25, -0.2) is 4.68 Å². The molecular weight excluding hydrogens is 268 g/mol. The third kappa shape index (κ3) is 3.25. The van der Waals surface area contributed by atoms with Crippen LogP contribution < -0.4 is 10.6 Å². The molecule has 1 aliphatic rings. The Morgan fingerprint density at radius 3 is 3.10 bits per heavy atom. The average Bonchev–Trinajstić information content (AvgIpc) is 3.11. The highest BCUT2D eigenvalue weighted by Crippen LogP contribution is 2.18. The molecule has 1 atom stereocenters. The van der Waals surface area contributed by atoms with Crippen molar-refractivity contribution in [2.45, 2.75) is 32.2 Å². The molecule has 1 aromatic carbocycles. The number of hydrogen-bond donors (Lipinski definition) is 2. The van der Waals surface area contributed by atoms with Crippen LogP contribution in [-0.2, 0) is 4.79 Å². The van der Waals surface area contributed by atoms with E-state index in [2.05, 4.69) is 26.2 Å². The maximum absolute atomic E-state index is 12.0. The van der Waals surface area contributed by atoms with Gasteiger partial charge in [0.15, 0.2) is 0 Å². The van der Waals surface area contributed by atoms with Gasteiger partial charge in [0.05, 0.1) is 5.69 Å². The Labute approximate surface area is 122 Å². The van der Waals surface area contributed by atoms with Gasteiger partial charge in [-0.05, 0) is 60.5 Å². The van der Waals surface area contributed by atoms with Gasteiger partial charge in [-0.2, -0.15) is 0 Å². The Kier molecular flexibility index (Phi) is 3.92. The van der Waals surface area contributed by atoms with Gasteiger partial charge in [-0.3, -0.25) is 4.79 Å². The van der Waals surface area contributed by atoms with Crippen molar-refractivity contribution in [3.63, 3.8) is 0 Å². The SMILES string of the molecule is Cc1cc(NC(=O)CC2CCCN2)ccc1-n1cnnn1. The molecule has 21 heavy (non-hydrogen) atoms. The number of carbonyl (C=O) groups excluding carboxylic acids is 1. The summed E-state index contributed by atoms with van der Waals surface area (Å²) >= 11 is 0. The van der Waals surface area contributed by atoms with E-state index in [9.17, 15) is 4.79 Å². The van der Waals surface area contributed by atoms with Crippen molar-refractivity contribution in [1.29, 1.82) is 0 Å². The van der Waals surface area contributed by atoms with E-state index < -0.39 is 0 Å². The largest absolute Gasteiger partial charge is 0.326 e.